The summed E-state index contributed by atoms with van der Waals surface area (Å²) in [5, 5.41) is 7.55. The fourth-order valence-electron chi connectivity index (χ4n) is 3.05. The molecule has 0 aromatic heterocycles. The SMILES string of the molecule is CC(C)[C@H](NC(=O)CNC(=O)[C@H](Cc1ccccc1)NC(=O)OCc1ccccc1)C(N)=O. The number of nitrogens with two attached hydrogens (primary N) is 1. The Kier molecular flexibility index (Phi) is 9.88. The van der Waals surface area contributed by atoms with E-state index in [2.05, 4.69) is 16.0 Å². The van der Waals surface area contributed by atoms with Crippen LogP contribution in [-0.4, -0.2) is 42.4 Å². The molecule has 0 heterocycles. The van der Waals surface area contributed by atoms with E-state index in [0.717, 1.165) is 11.1 Å². The number of hydrogen-bond donors (Lipinski definition) is 4. The van der Waals surface area contributed by atoms with Crippen LogP contribution in [0.1, 0.15) is 25.0 Å². The Morgan fingerprint density at radius 2 is 1.45 bits per heavy atom. The maximum Gasteiger partial charge on any atom is 0.408 e. The van der Waals surface area contributed by atoms with Gasteiger partial charge in [-0.3, -0.25) is 14.4 Å². The van der Waals surface area contributed by atoms with Crippen molar-refractivity contribution in [2.45, 2.75) is 39.0 Å². The van der Waals surface area contributed by atoms with Crippen molar-refractivity contribution >= 4 is 23.8 Å². The van der Waals surface area contributed by atoms with Gasteiger partial charge in [-0.25, -0.2) is 4.79 Å². The zero-order valence-electron chi connectivity index (χ0n) is 18.7. The van der Waals surface area contributed by atoms with Crippen molar-refractivity contribution in [3.8, 4) is 0 Å². The van der Waals surface area contributed by atoms with E-state index in [1.807, 2.05) is 60.7 Å². The van der Waals surface area contributed by atoms with Crippen LogP contribution in [0.25, 0.3) is 0 Å². The summed E-state index contributed by atoms with van der Waals surface area (Å²) in [4.78, 5) is 48.7. The quantitative estimate of drug-likeness (QED) is 0.405. The van der Waals surface area contributed by atoms with Crippen LogP contribution in [0.5, 0.6) is 0 Å². The van der Waals surface area contributed by atoms with Crippen molar-refractivity contribution in [3.05, 3.63) is 71.8 Å². The molecule has 2 aromatic carbocycles. The minimum absolute atomic E-state index is 0.0540. The Morgan fingerprint density at radius 3 is 2.00 bits per heavy atom. The molecule has 0 aliphatic rings. The number of hydrogen-bond acceptors (Lipinski definition) is 5. The summed E-state index contributed by atoms with van der Waals surface area (Å²) in [5.41, 5.74) is 6.93. The Hall–Kier alpha value is -3.88. The van der Waals surface area contributed by atoms with Crippen molar-refractivity contribution in [2.75, 3.05) is 6.54 Å². The minimum atomic E-state index is -0.972. The zero-order valence-corrected chi connectivity index (χ0v) is 18.7. The average Bonchev–Trinajstić information content (AvgIpc) is 2.80. The second-order valence-corrected chi connectivity index (χ2v) is 7.86. The van der Waals surface area contributed by atoms with Crippen molar-refractivity contribution in [1.82, 2.24) is 16.0 Å². The van der Waals surface area contributed by atoms with Gasteiger partial charge in [-0.15, -0.1) is 0 Å². The summed E-state index contributed by atoms with van der Waals surface area (Å²) in [6.45, 7) is 3.17. The highest BCUT2D eigenvalue weighted by Gasteiger charge is 2.25. The molecule has 5 N–H and O–H groups in total. The molecule has 0 bridgehead atoms. The van der Waals surface area contributed by atoms with Gasteiger partial charge in [-0.05, 0) is 17.0 Å². The van der Waals surface area contributed by atoms with Gasteiger partial charge in [-0.2, -0.15) is 0 Å². The van der Waals surface area contributed by atoms with Crippen LogP contribution in [0.15, 0.2) is 60.7 Å². The topological polar surface area (TPSA) is 140 Å². The Bertz CT molecular complexity index is 934. The number of ether oxygens (including phenoxy) is 1. The summed E-state index contributed by atoms with van der Waals surface area (Å²) in [6.07, 6.45) is -0.557. The number of amides is 4. The van der Waals surface area contributed by atoms with Gasteiger partial charge in [0.05, 0.1) is 6.54 Å². The van der Waals surface area contributed by atoms with Crippen LogP contribution in [0.4, 0.5) is 4.79 Å². The molecule has 0 spiro atoms. The molecular weight excluding hydrogens is 424 g/mol. The fourth-order valence-corrected chi connectivity index (χ4v) is 3.05. The number of carbonyl (C=O) groups excluding carboxylic acids is 4. The van der Waals surface area contributed by atoms with Gasteiger partial charge in [0.2, 0.25) is 17.7 Å². The molecule has 0 aliphatic carbocycles. The highest BCUT2D eigenvalue weighted by atomic mass is 16.5. The van der Waals surface area contributed by atoms with Gasteiger partial charge in [-0.1, -0.05) is 74.5 Å². The van der Waals surface area contributed by atoms with E-state index in [1.54, 1.807) is 13.8 Å². The first kappa shape index (κ1) is 25.4. The summed E-state index contributed by atoms with van der Waals surface area (Å²) in [7, 11) is 0. The van der Waals surface area contributed by atoms with Gasteiger partial charge in [0, 0.05) is 6.42 Å². The first-order chi connectivity index (χ1) is 15.8. The highest BCUT2D eigenvalue weighted by Crippen LogP contribution is 2.06. The molecule has 0 aliphatic heterocycles. The van der Waals surface area contributed by atoms with Crippen LogP contribution >= 0.6 is 0 Å². The smallest absolute Gasteiger partial charge is 0.408 e. The molecule has 33 heavy (non-hydrogen) atoms. The summed E-state index contributed by atoms with van der Waals surface area (Å²) in [5.74, 6) is -1.99. The van der Waals surface area contributed by atoms with Crippen molar-refractivity contribution in [3.63, 3.8) is 0 Å². The standard InChI is InChI=1S/C24H30N4O5/c1-16(2)21(22(25)30)28-20(29)14-26-23(31)19(13-17-9-5-3-6-10-17)27-24(32)33-15-18-11-7-4-8-12-18/h3-12,16,19,21H,13-15H2,1-2H3,(H2,25,30)(H,26,31)(H,27,32)(H,28,29)/t19-,21-/m0/s1. The van der Waals surface area contributed by atoms with Crippen LogP contribution in [0.2, 0.25) is 0 Å². The molecule has 9 nitrogen and oxygen atoms in total. The van der Waals surface area contributed by atoms with Gasteiger partial charge in [0.1, 0.15) is 18.7 Å². The van der Waals surface area contributed by atoms with Crippen LogP contribution in [-0.2, 0) is 32.1 Å². The molecule has 2 rings (SSSR count). The van der Waals surface area contributed by atoms with Gasteiger partial charge < -0.3 is 26.4 Å². The van der Waals surface area contributed by atoms with Crippen molar-refractivity contribution in [1.29, 1.82) is 0 Å². The van der Waals surface area contributed by atoms with Crippen LogP contribution in [0, 0.1) is 5.92 Å². The molecule has 2 atom stereocenters. The zero-order chi connectivity index (χ0) is 24.2. The summed E-state index contributed by atoms with van der Waals surface area (Å²) < 4.78 is 5.22. The monoisotopic (exact) mass is 454 g/mol. The fraction of sp³-hybridized carbons (Fsp3) is 0.333. The third-order valence-electron chi connectivity index (χ3n) is 4.82. The van der Waals surface area contributed by atoms with E-state index in [4.69, 9.17) is 10.5 Å². The Morgan fingerprint density at radius 1 is 0.879 bits per heavy atom. The summed E-state index contributed by atoms with van der Waals surface area (Å²) >= 11 is 0. The van der Waals surface area contributed by atoms with Crippen molar-refractivity contribution < 1.29 is 23.9 Å². The molecule has 176 valence electrons. The molecule has 9 heteroatoms. The Balaban J connectivity index is 1.97. The molecule has 4 amide bonds. The van der Waals surface area contributed by atoms with E-state index in [1.165, 1.54) is 0 Å². The highest BCUT2D eigenvalue weighted by molar-refractivity contribution is 5.91. The number of rotatable bonds is 11. The average molecular weight is 455 g/mol. The molecule has 0 saturated heterocycles. The molecule has 0 saturated carbocycles. The number of benzene rings is 2. The first-order valence-electron chi connectivity index (χ1n) is 10.6. The predicted molar refractivity (Wildman–Crippen MR) is 123 cm³/mol. The van der Waals surface area contributed by atoms with Gasteiger partial charge >= 0.3 is 6.09 Å². The van der Waals surface area contributed by atoms with Crippen molar-refractivity contribution in [2.24, 2.45) is 11.7 Å². The third-order valence-corrected chi connectivity index (χ3v) is 4.82. The Labute approximate surface area is 193 Å². The lowest BCUT2D eigenvalue weighted by molar-refractivity contribution is -0.129. The largest absolute Gasteiger partial charge is 0.445 e. The predicted octanol–water partition coefficient (Wildman–Crippen LogP) is 1.27. The molecule has 2 aromatic rings. The minimum Gasteiger partial charge on any atom is -0.445 e. The number of primary amides is 1. The molecule has 0 fully saturated rings. The van der Waals surface area contributed by atoms with Crippen LogP contribution in [0.3, 0.4) is 0 Å². The lowest BCUT2D eigenvalue weighted by Gasteiger charge is -2.21. The van der Waals surface area contributed by atoms with E-state index >= 15 is 0 Å². The maximum absolute atomic E-state index is 12.8. The van der Waals surface area contributed by atoms with Gasteiger partial charge in [0.25, 0.3) is 0 Å². The lowest BCUT2D eigenvalue weighted by atomic mass is 10.0. The first-order valence-corrected chi connectivity index (χ1v) is 10.6. The van der Waals surface area contributed by atoms with Crippen LogP contribution < -0.4 is 21.7 Å². The number of alkyl carbamates (subject to hydrolysis) is 1. The van der Waals surface area contributed by atoms with Gasteiger partial charge in [0.15, 0.2) is 0 Å². The van der Waals surface area contributed by atoms with E-state index in [0.29, 0.717) is 0 Å². The third kappa shape index (κ3) is 9.02. The van der Waals surface area contributed by atoms with E-state index < -0.39 is 35.9 Å². The van der Waals surface area contributed by atoms with E-state index in [-0.39, 0.29) is 25.5 Å². The number of nitrogens with one attached hydrogen (secondary N) is 3. The second kappa shape index (κ2) is 12.8. The molecule has 0 unspecified atom stereocenters. The normalized spacial score (nSPS) is 12.3. The maximum atomic E-state index is 12.8. The lowest BCUT2D eigenvalue weighted by Crippen LogP contribution is -2.53. The molecule has 0 radical (unpaired) electrons. The second-order valence-electron chi connectivity index (χ2n) is 7.86. The summed E-state index contributed by atoms with van der Waals surface area (Å²) in [6, 6.07) is 16.5. The number of carbonyl (C=O) groups is 4. The molecular formula is C24H30N4O5. The van der Waals surface area contributed by atoms with E-state index in [9.17, 15) is 19.2 Å².